The minimum atomic E-state index is -3.56. The smallest absolute Gasteiger partial charge is 0.242 e. The Hall–Kier alpha value is -2.29. The summed E-state index contributed by atoms with van der Waals surface area (Å²) in [5.74, 6) is -0.141. The first-order valence-corrected chi connectivity index (χ1v) is 11.2. The number of thiazole rings is 1. The summed E-state index contributed by atoms with van der Waals surface area (Å²) in [6, 6.07) is 12.9. The molecule has 28 heavy (non-hydrogen) atoms. The molecule has 0 unspecified atom stereocenters. The lowest BCUT2D eigenvalue weighted by Crippen LogP contribution is -2.23. The van der Waals surface area contributed by atoms with Crippen LogP contribution in [0.15, 0.2) is 47.4 Å². The number of para-hydroxylation sites is 1. The summed E-state index contributed by atoms with van der Waals surface area (Å²) in [5, 5.41) is 3.81. The number of nitrogens with one attached hydrogen (secondary N) is 1. The minimum absolute atomic E-state index is 0.141. The molecule has 3 rings (SSSR count). The predicted molar refractivity (Wildman–Crippen MR) is 113 cm³/mol. The third-order valence-electron chi connectivity index (χ3n) is 4.36. The topological polar surface area (TPSA) is 79.4 Å². The molecule has 0 aliphatic carbocycles. The van der Waals surface area contributed by atoms with Crippen molar-refractivity contribution in [2.75, 3.05) is 19.4 Å². The summed E-state index contributed by atoms with van der Waals surface area (Å²) >= 11 is 1.65. The maximum absolute atomic E-state index is 12.4. The van der Waals surface area contributed by atoms with E-state index in [-0.39, 0.29) is 10.8 Å². The van der Waals surface area contributed by atoms with Crippen LogP contribution in [0, 0.1) is 6.92 Å². The van der Waals surface area contributed by atoms with Gasteiger partial charge in [-0.25, -0.2) is 17.7 Å². The van der Waals surface area contributed by atoms with Gasteiger partial charge in [0.2, 0.25) is 15.9 Å². The van der Waals surface area contributed by atoms with Crippen molar-refractivity contribution in [3.63, 3.8) is 0 Å². The Balaban J connectivity index is 1.60. The molecule has 6 nitrogen and oxygen atoms in total. The second kappa shape index (κ2) is 8.38. The minimum Gasteiger partial charge on any atom is -0.326 e. The molecule has 1 N–H and O–H groups in total. The van der Waals surface area contributed by atoms with Crippen molar-refractivity contribution in [1.82, 2.24) is 9.29 Å². The summed E-state index contributed by atoms with van der Waals surface area (Å²) < 4.78 is 27.1. The number of hydrogen-bond donors (Lipinski definition) is 1. The Morgan fingerprint density at radius 3 is 2.64 bits per heavy atom. The number of sulfonamides is 1. The van der Waals surface area contributed by atoms with Crippen LogP contribution in [0.4, 0.5) is 5.69 Å². The predicted octanol–water partition coefficient (Wildman–Crippen LogP) is 3.82. The van der Waals surface area contributed by atoms with E-state index in [1.807, 2.05) is 24.3 Å². The molecule has 0 saturated heterocycles. The normalized spacial score (nSPS) is 11.9. The molecule has 0 spiro atoms. The molecule has 0 aliphatic rings. The number of aryl methyl sites for hydroxylation is 2. The lowest BCUT2D eigenvalue weighted by atomic mass is 10.2. The molecule has 0 saturated carbocycles. The van der Waals surface area contributed by atoms with Gasteiger partial charge in [-0.2, -0.15) is 0 Å². The van der Waals surface area contributed by atoms with Gasteiger partial charge in [-0.15, -0.1) is 11.3 Å². The van der Waals surface area contributed by atoms with Gasteiger partial charge in [0, 0.05) is 26.2 Å². The largest absolute Gasteiger partial charge is 0.326 e. The molecule has 8 heteroatoms. The Bertz CT molecular complexity index is 1070. The van der Waals surface area contributed by atoms with Gasteiger partial charge in [0.1, 0.15) is 0 Å². The zero-order valence-electron chi connectivity index (χ0n) is 16.1. The van der Waals surface area contributed by atoms with Crippen molar-refractivity contribution in [1.29, 1.82) is 0 Å². The maximum Gasteiger partial charge on any atom is 0.242 e. The van der Waals surface area contributed by atoms with Crippen molar-refractivity contribution < 1.29 is 13.2 Å². The fourth-order valence-corrected chi connectivity index (χ4v) is 4.96. The first kappa shape index (κ1) is 20.4. The molecule has 2 aromatic carbocycles. The Labute approximate surface area is 169 Å². The highest BCUT2D eigenvalue weighted by atomic mass is 32.2. The van der Waals surface area contributed by atoms with Crippen molar-refractivity contribution >= 4 is 43.2 Å². The second-order valence-electron chi connectivity index (χ2n) is 6.74. The number of fused-ring (bicyclic) bond motifs is 1. The molecule has 1 heterocycles. The van der Waals surface area contributed by atoms with Gasteiger partial charge in [0.05, 0.1) is 20.1 Å². The highest BCUT2D eigenvalue weighted by Crippen LogP contribution is 2.24. The summed E-state index contributed by atoms with van der Waals surface area (Å²) in [5.41, 5.74) is 2.11. The summed E-state index contributed by atoms with van der Waals surface area (Å²) in [7, 11) is -0.580. The number of rotatable bonds is 7. The van der Waals surface area contributed by atoms with Crippen LogP contribution >= 0.6 is 11.3 Å². The molecule has 0 fully saturated rings. The number of anilines is 1. The highest BCUT2D eigenvalue weighted by Gasteiger charge is 2.20. The van der Waals surface area contributed by atoms with Crippen LogP contribution in [0.25, 0.3) is 10.2 Å². The first-order valence-electron chi connectivity index (χ1n) is 8.95. The van der Waals surface area contributed by atoms with E-state index >= 15 is 0 Å². The average Bonchev–Trinajstić information content (AvgIpc) is 3.05. The molecular weight excluding hydrogens is 394 g/mol. The number of nitrogens with zero attached hydrogens (tertiary/aromatic N) is 2. The van der Waals surface area contributed by atoms with Gasteiger partial charge in [0.15, 0.2) is 0 Å². The zero-order chi connectivity index (χ0) is 20.3. The average molecular weight is 418 g/mol. The van der Waals surface area contributed by atoms with Gasteiger partial charge in [0.25, 0.3) is 0 Å². The molecule has 148 valence electrons. The van der Waals surface area contributed by atoms with Gasteiger partial charge < -0.3 is 5.32 Å². The monoisotopic (exact) mass is 417 g/mol. The van der Waals surface area contributed by atoms with Crippen LogP contribution in [-0.2, 0) is 21.2 Å². The van der Waals surface area contributed by atoms with E-state index in [1.54, 1.807) is 30.4 Å². The van der Waals surface area contributed by atoms with Crippen LogP contribution in [-0.4, -0.2) is 37.7 Å². The Morgan fingerprint density at radius 1 is 1.18 bits per heavy atom. The van der Waals surface area contributed by atoms with E-state index in [0.29, 0.717) is 24.1 Å². The third-order valence-corrected chi connectivity index (χ3v) is 7.42. The van der Waals surface area contributed by atoms with Crippen LogP contribution in [0.1, 0.15) is 23.4 Å². The van der Waals surface area contributed by atoms with Crippen LogP contribution in [0.3, 0.4) is 0 Å². The highest BCUT2D eigenvalue weighted by molar-refractivity contribution is 7.89. The van der Waals surface area contributed by atoms with E-state index in [4.69, 9.17) is 0 Å². The maximum atomic E-state index is 12.4. The standard InChI is InChI=1S/C20H23N3O3S2/c1-14-11-12-15(13-18(14)28(25,26)23(2)3)21-19(24)9-6-10-20-22-16-7-4-5-8-17(16)27-20/h4-5,7-8,11-13H,6,9-10H2,1-3H3,(H,21,24). The molecule has 0 bridgehead atoms. The molecule has 0 aliphatic heterocycles. The van der Waals surface area contributed by atoms with Crippen LogP contribution in [0.2, 0.25) is 0 Å². The van der Waals surface area contributed by atoms with E-state index in [1.165, 1.54) is 24.5 Å². The third kappa shape index (κ3) is 4.57. The Kier molecular flexibility index (Phi) is 6.12. The van der Waals surface area contributed by atoms with Gasteiger partial charge >= 0.3 is 0 Å². The zero-order valence-corrected chi connectivity index (χ0v) is 17.7. The fraction of sp³-hybridized carbons (Fsp3) is 0.300. The van der Waals surface area contributed by atoms with Crippen molar-refractivity contribution in [3.8, 4) is 0 Å². The van der Waals surface area contributed by atoms with E-state index in [0.717, 1.165) is 21.6 Å². The number of aromatic nitrogens is 1. The number of benzene rings is 2. The first-order chi connectivity index (χ1) is 13.3. The quantitative estimate of drug-likeness (QED) is 0.634. The molecule has 1 aromatic heterocycles. The summed E-state index contributed by atoms with van der Waals surface area (Å²) in [4.78, 5) is 17.0. The molecule has 0 atom stereocenters. The second-order valence-corrected chi connectivity index (χ2v) is 9.98. The number of carbonyl (C=O) groups is 1. The van der Waals surface area contributed by atoms with Crippen molar-refractivity contribution in [3.05, 3.63) is 53.0 Å². The van der Waals surface area contributed by atoms with Gasteiger partial charge in [-0.3, -0.25) is 4.79 Å². The molecular formula is C20H23N3O3S2. The number of amides is 1. The van der Waals surface area contributed by atoms with Gasteiger partial charge in [-0.05, 0) is 49.6 Å². The van der Waals surface area contributed by atoms with Crippen LogP contribution < -0.4 is 5.32 Å². The van der Waals surface area contributed by atoms with Crippen LogP contribution in [0.5, 0.6) is 0 Å². The van der Waals surface area contributed by atoms with Crippen molar-refractivity contribution in [2.45, 2.75) is 31.1 Å². The van der Waals surface area contributed by atoms with Gasteiger partial charge in [-0.1, -0.05) is 18.2 Å². The van der Waals surface area contributed by atoms with Crippen molar-refractivity contribution in [2.24, 2.45) is 0 Å². The molecule has 3 aromatic rings. The lowest BCUT2D eigenvalue weighted by Gasteiger charge is -2.15. The van der Waals surface area contributed by atoms with E-state index in [9.17, 15) is 13.2 Å². The number of hydrogen-bond acceptors (Lipinski definition) is 5. The van der Waals surface area contributed by atoms with E-state index in [2.05, 4.69) is 10.3 Å². The summed E-state index contributed by atoms with van der Waals surface area (Å²) in [6.07, 6.45) is 1.76. The van der Waals surface area contributed by atoms with E-state index < -0.39 is 10.0 Å². The Morgan fingerprint density at radius 2 is 1.93 bits per heavy atom. The molecule has 0 radical (unpaired) electrons. The molecule has 1 amide bonds. The lowest BCUT2D eigenvalue weighted by molar-refractivity contribution is -0.116. The number of carbonyl (C=O) groups excluding carboxylic acids is 1. The summed E-state index contributed by atoms with van der Waals surface area (Å²) in [6.45, 7) is 1.74. The fourth-order valence-electron chi connectivity index (χ4n) is 2.80. The SMILES string of the molecule is Cc1ccc(NC(=O)CCCc2nc3ccccc3s2)cc1S(=O)(=O)N(C)C.